The number of carbonyl (C=O) groups is 4. The predicted molar refractivity (Wildman–Crippen MR) is 158 cm³/mol. The first-order chi connectivity index (χ1) is 19.3. The molecule has 0 saturated heterocycles. The van der Waals surface area contributed by atoms with Crippen molar-refractivity contribution >= 4 is 57.5 Å². The molecule has 214 valence electrons. The van der Waals surface area contributed by atoms with Gasteiger partial charge in [0.2, 0.25) is 11.8 Å². The number of carboxylic acids is 1. The molecule has 10 heteroatoms. The van der Waals surface area contributed by atoms with Gasteiger partial charge < -0.3 is 20.5 Å². The number of thiophene rings is 1. The van der Waals surface area contributed by atoms with Gasteiger partial charge in [0.05, 0.1) is 29.3 Å². The first-order valence-corrected chi connectivity index (χ1v) is 15.6. The number of hydrogen-bond donors (Lipinski definition) is 3. The van der Waals surface area contributed by atoms with Crippen molar-refractivity contribution in [3.63, 3.8) is 0 Å². The summed E-state index contributed by atoms with van der Waals surface area (Å²) in [6, 6.07) is 7.22. The van der Waals surface area contributed by atoms with Gasteiger partial charge in [-0.3, -0.25) is 14.4 Å². The average Bonchev–Trinajstić information content (AvgIpc) is 3.11. The molecule has 3 N–H and O–H groups in total. The quantitative estimate of drug-likeness (QED) is 0.129. The van der Waals surface area contributed by atoms with Crippen LogP contribution < -0.4 is 10.6 Å². The van der Waals surface area contributed by atoms with Crippen LogP contribution >= 0.6 is 23.1 Å². The summed E-state index contributed by atoms with van der Waals surface area (Å²) in [6.07, 6.45) is 9.84. The minimum Gasteiger partial charge on any atom is -0.481 e. The molecule has 0 fully saturated rings. The van der Waals surface area contributed by atoms with Crippen LogP contribution in [-0.4, -0.2) is 40.7 Å². The molecule has 0 radical (unpaired) electrons. The molecular formula is C30H36N2O6S2. The minimum atomic E-state index is -0.973. The van der Waals surface area contributed by atoms with Gasteiger partial charge in [-0.1, -0.05) is 31.6 Å². The normalized spacial score (nSPS) is 19.1. The fraction of sp³-hybridized carbons (Fsp3) is 0.467. The summed E-state index contributed by atoms with van der Waals surface area (Å²) >= 11 is 2.86. The van der Waals surface area contributed by atoms with Crippen LogP contribution in [0.25, 0.3) is 0 Å². The van der Waals surface area contributed by atoms with Gasteiger partial charge in [0.25, 0.3) is 0 Å². The number of fused-ring (bicyclic) bond motifs is 1. The summed E-state index contributed by atoms with van der Waals surface area (Å²) < 4.78 is 5.35. The molecule has 3 atom stereocenters. The number of thioether (sulfide) groups is 1. The predicted octanol–water partition coefficient (Wildman–Crippen LogP) is 6.31. The molecule has 3 unspecified atom stereocenters. The molecule has 2 aliphatic rings. The van der Waals surface area contributed by atoms with E-state index >= 15 is 0 Å². The SMILES string of the molecule is CCOC(=O)c1c(NC(=O)C(CC)Sc2cccc(NC(=O)C3CC=CCC3C(=O)O)c2)sc2c1CCCCC2. The van der Waals surface area contributed by atoms with Crippen molar-refractivity contribution in [3.05, 3.63) is 52.4 Å². The number of amides is 2. The standard InChI is InChI=1S/C30H36N2O6S2/c1-3-23(27(34)32-28-25(30(37)38-4-2)22-15-6-5-7-16-24(22)40-28)39-19-12-10-11-18(17-19)31-26(33)20-13-8-9-14-21(20)29(35)36/h8-12,17,20-21,23H,3-7,13-16H2,1-2H3,(H,31,33)(H,32,34)(H,35,36). The van der Waals surface area contributed by atoms with Crippen LogP contribution in [0.1, 0.15) is 73.2 Å². The summed E-state index contributed by atoms with van der Waals surface area (Å²) in [7, 11) is 0. The number of esters is 1. The third-order valence-electron chi connectivity index (χ3n) is 7.27. The molecule has 1 aromatic heterocycles. The number of allylic oxidation sites excluding steroid dienone is 2. The molecule has 1 aromatic carbocycles. The molecule has 0 spiro atoms. The first kappa shape index (κ1) is 29.9. The van der Waals surface area contributed by atoms with E-state index in [0.29, 0.717) is 35.5 Å². The highest BCUT2D eigenvalue weighted by Gasteiger charge is 2.34. The van der Waals surface area contributed by atoms with Crippen molar-refractivity contribution < 1.29 is 29.0 Å². The summed E-state index contributed by atoms with van der Waals surface area (Å²) in [6.45, 7) is 3.98. The van der Waals surface area contributed by atoms with Crippen LogP contribution in [0, 0.1) is 11.8 Å². The van der Waals surface area contributed by atoms with E-state index in [9.17, 15) is 24.3 Å². The molecule has 0 saturated carbocycles. The zero-order valence-corrected chi connectivity index (χ0v) is 24.5. The average molecular weight is 585 g/mol. The third-order valence-corrected chi connectivity index (χ3v) is 9.83. The van der Waals surface area contributed by atoms with Crippen molar-refractivity contribution in [2.45, 2.75) is 75.4 Å². The highest BCUT2D eigenvalue weighted by molar-refractivity contribution is 8.00. The Balaban J connectivity index is 1.46. The fourth-order valence-corrected chi connectivity index (χ4v) is 7.48. The molecule has 8 nitrogen and oxygen atoms in total. The maximum atomic E-state index is 13.4. The van der Waals surface area contributed by atoms with Crippen molar-refractivity contribution in [1.29, 1.82) is 0 Å². The number of ether oxygens (including phenoxy) is 1. The lowest BCUT2D eigenvalue weighted by molar-refractivity contribution is -0.146. The Bertz CT molecular complexity index is 1290. The van der Waals surface area contributed by atoms with Gasteiger partial charge in [0.1, 0.15) is 5.00 Å². The molecule has 2 aromatic rings. The molecule has 2 aliphatic carbocycles. The van der Waals surface area contributed by atoms with Crippen molar-refractivity contribution in [2.75, 3.05) is 17.2 Å². The monoisotopic (exact) mass is 584 g/mol. The van der Waals surface area contributed by atoms with Crippen molar-refractivity contribution in [3.8, 4) is 0 Å². The topological polar surface area (TPSA) is 122 Å². The van der Waals surface area contributed by atoms with Crippen LogP contribution in [0.15, 0.2) is 41.3 Å². The van der Waals surface area contributed by atoms with E-state index in [1.165, 1.54) is 23.1 Å². The molecule has 4 rings (SSSR count). The van der Waals surface area contributed by atoms with Gasteiger partial charge in [0, 0.05) is 15.5 Å². The molecular weight excluding hydrogens is 548 g/mol. The Labute approximate surface area is 243 Å². The lowest BCUT2D eigenvalue weighted by Gasteiger charge is -2.24. The summed E-state index contributed by atoms with van der Waals surface area (Å²) in [5.74, 6) is -3.27. The number of nitrogens with one attached hydrogen (secondary N) is 2. The Hall–Kier alpha value is -3.11. The van der Waals surface area contributed by atoms with E-state index < -0.39 is 23.1 Å². The summed E-state index contributed by atoms with van der Waals surface area (Å²) in [5.41, 5.74) is 2.06. The Morgan fingerprint density at radius 2 is 1.80 bits per heavy atom. The largest absolute Gasteiger partial charge is 0.481 e. The highest BCUT2D eigenvalue weighted by Crippen LogP contribution is 2.39. The Kier molecular flexibility index (Phi) is 10.4. The van der Waals surface area contributed by atoms with Gasteiger partial charge in [-0.2, -0.15) is 0 Å². The van der Waals surface area contributed by atoms with E-state index in [2.05, 4.69) is 10.6 Å². The van der Waals surface area contributed by atoms with E-state index in [4.69, 9.17) is 4.74 Å². The second kappa shape index (κ2) is 14.0. The van der Waals surface area contributed by atoms with Crippen molar-refractivity contribution in [2.24, 2.45) is 11.8 Å². The Morgan fingerprint density at radius 3 is 2.52 bits per heavy atom. The zero-order valence-electron chi connectivity index (χ0n) is 22.9. The minimum absolute atomic E-state index is 0.192. The van der Waals surface area contributed by atoms with E-state index in [1.54, 1.807) is 31.2 Å². The second-order valence-corrected chi connectivity index (χ2v) is 12.4. The smallest absolute Gasteiger partial charge is 0.341 e. The summed E-state index contributed by atoms with van der Waals surface area (Å²) in [4.78, 5) is 52.8. The van der Waals surface area contributed by atoms with E-state index in [0.717, 1.165) is 47.4 Å². The number of rotatable bonds is 10. The van der Waals surface area contributed by atoms with E-state index in [-0.39, 0.29) is 24.4 Å². The molecule has 2 amide bonds. The Morgan fingerprint density at radius 1 is 1.05 bits per heavy atom. The van der Waals surface area contributed by atoms with Crippen molar-refractivity contribution in [1.82, 2.24) is 0 Å². The van der Waals surface area contributed by atoms with Gasteiger partial charge in [-0.15, -0.1) is 23.1 Å². The van der Waals surface area contributed by atoms with Gasteiger partial charge in [0.15, 0.2) is 0 Å². The van der Waals surface area contributed by atoms with Crippen LogP contribution in [0.4, 0.5) is 10.7 Å². The number of carbonyl (C=O) groups excluding carboxylic acids is 3. The van der Waals surface area contributed by atoms with Gasteiger partial charge >= 0.3 is 11.9 Å². The maximum Gasteiger partial charge on any atom is 0.341 e. The van der Waals surface area contributed by atoms with Crippen LogP contribution in [0.2, 0.25) is 0 Å². The molecule has 40 heavy (non-hydrogen) atoms. The zero-order chi connectivity index (χ0) is 28.6. The lowest BCUT2D eigenvalue weighted by Crippen LogP contribution is -2.34. The maximum absolute atomic E-state index is 13.4. The third kappa shape index (κ3) is 7.14. The number of aliphatic carboxylic acids is 1. The molecule has 0 aliphatic heterocycles. The van der Waals surface area contributed by atoms with Crippen LogP contribution in [0.3, 0.4) is 0 Å². The molecule has 0 bridgehead atoms. The van der Waals surface area contributed by atoms with E-state index in [1.807, 2.05) is 19.1 Å². The number of carboxylic acid groups (broad SMARTS) is 1. The summed E-state index contributed by atoms with van der Waals surface area (Å²) in [5, 5.41) is 15.5. The first-order valence-electron chi connectivity index (χ1n) is 13.9. The van der Waals surface area contributed by atoms with Gasteiger partial charge in [-0.25, -0.2) is 4.79 Å². The highest BCUT2D eigenvalue weighted by atomic mass is 32.2. The van der Waals surface area contributed by atoms with Crippen LogP contribution in [0.5, 0.6) is 0 Å². The number of anilines is 2. The second-order valence-electron chi connectivity index (χ2n) is 10.0. The lowest BCUT2D eigenvalue weighted by atomic mass is 9.82. The van der Waals surface area contributed by atoms with Gasteiger partial charge in [-0.05, 0) is 75.6 Å². The number of benzene rings is 1. The molecule has 1 heterocycles. The van der Waals surface area contributed by atoms with Crippen LogP contribution in [-0.2, 0) is 32.0 Å². The fourth-order valence-electron chi connectivity index (χ4n) is 5.19. The number of hydrogen-bond acceptors (Lipinski definition) is 7. The number of aryl methyl sites for hydroxylation is 1.